The first-order chi connectivity index (χ1) is 8.49. The molecule has 1 fully saturated rings. The summed E-state index contributed by atoms with van der Waals surface area (Å²) in [5, 5.41) is 0. The Bertz CT molecular complexity index is 454. The number of nitrogens with zero attached hydrogens (tertiary/aromatic N) is 1. The number of rotatable bonds is 2. The molecule has 1 heterocycles. The highest BCUT2D eigenvalue weighted by atomic mass is 16.2. The van der Waals surface area contributed by atoms with Crippen molar-refractivity contribution in [2.24, 2.45) is 11.8 Å². The van der Waals surface area contributed by atoms with Crippen LogP contribution >= 0.6 is 0 Å². The molecule has 3 heteroatoms. The zero-order valence-electron chi connectivity index (χ0n) is 11.4. The summed E-state index contributed by atoms with van der Waals surface area (Å²) < 4.78 is 0. The third-order valence-corrected chi connectivity index (χ3v) is 3.95. The fourth-order valence-electron chi connectivity index (χ4n) is 2.56. The van der Waals surface area contributed by atoms with Crippen LogP contribution in [-0.2, 0) is 0 Å². The lowest BCUT2D eigenvalue weighted by Gasteiger charge is -2.19. The topological polar surface area (TPSA) is 46.3 Å². The van der Waals surface area contributed by atoms with Crippen LogP contribution < -0.4 is 5.73 Å². The first-order valence-electron chi connectivity index (χ1n) is 6.64. The van der Waals surface area contributed by atoms with E-state index < -0.39 is 0 Å². The number of carbonyl (C=O) groups excluding carboxylic acids is 1. The Kier molecular flexibility index (Phi) is 3.60. The summed E-state index contributed by atoms with van der Waals surface area (Å²) in [5.41, 5.74) is 8.18. The van der Waals surface area contributed by atoms with Crippen LogP contribution in [-0.4, -0.2) is 23.9 Å². The summed E-state index contributed by atoms with van der Waals surface area (Å²) in [7, 11) is 0. The van der Waals surface area contributed by atoms with Crippen molar-refractivity contribution >= 4 is 11.6 Å². The van der Waals surface area contributed by atoms with E-state index in [0.29, 0.717) is 17.5 Å². The maximum atomic E-state index is 12.5. The third-order valence-electron chi connectivity index (χ3n) is 3.95. The first kappa shape index (κ1) is 12.9. The lowest BCUT2D eigenvalue weighted by molar-refractivity contribution is 0.0783. The Morgan fingerprint density at radius 3 is 2.78 bits per heavy atom. The molecule has 0 aliphatic carbocycles. The molecular weight excluding hydrogens is 224 g/mol. The fraction of sp³-hybridized carbons (Fsp3) is 0.533. The van der Waals surface area contributed by atoms with Crippen LogP contribution in [0.5, 0.6) is 0 Å². The van der Waals surface area contributed by atoms with Crippen LogP contribution in [0.25, 0.3) is 0 Å². The molecule has 2 N–H and O–H groups in total. The van der Waals surface area contributed by atoms with Crippen LogP contribution in [0, 0.1) is 18.8 Å². The molecule has 1 saturated heterocycles. The SMILES string of the molecule is Cc1ccc(N)cc1C(=O)N1CCC(C(C)C)C1. The molecule has 1 aliphatic rings. The number of anilines is 1. The molecule has 1 unspecified atom stereocenters. The molecular formula is C15H22N2O. The second-order valence-corrected chi connectivity index (χ2v) is 5.62. The number of aryl methyl sites for hydroxylation is 1. The van der Waals surface area contributed by atoms with Gasteiger partial charge in [-0.15, -0.1) is 0 Å². The summed E-state index contributed by atoms with van der Waals surface area (Å²) in [6, 6.07) is 5.55. The molecule has 0 spiro atoms. The van der Waals surface area contributed by atoms with Gasteiger partial charge in [-0.1, -0.05) is 19.9 Å². The average molecular weight is 246 g/mol. The molecule has 1 atom stereocenters. The van der Waals surface area contributed by atoms with Crippen LogP contribution in [0.1, 0.15) is 36.2 Å². The van der Waals surface area contributed by atoms with Crippen molar-refractivity contribution in [2.75, 3.05) is 18.8 Å². The van der Waals surface area contributed by atoms with E-state index in [4.69, 9.17) is 5.73 Å². The Hall–Kier alpha value is -1.51. The highest BCUT2D eigenvalue weighted by Crippen LogP contribution is 2.26. The van der Waals surface area contributed by atoms with Gasteiger partial charge < -0.3 is 10.6 Å². The Labute approximate surface area is 109 Å². The second-order valence-electron chi connectivity index (χ2n) is 5.62. The van der Waals surface area contributed by atoms with Gasteiger partial charge in [-0.25, -0.2) is 0 Å². The van der Waals surface area contributed by atoms with E-state index in [1.165, 1.54) is 0 Å². The zero-order valence-corrected chi connectivity index (χ0v) is 11.4. The first-order valence-corrected chi connectivity index (χ1v) is 6.64. The minimum atomic E-state index is 0.128. The van der Waals surface area contributed by atoms with Crippen LogP contribution in [0.4, 0.5) is 5.69 Å². The smallest absolute Gasteiger partial charge is 0.254 e. The number of likely N-dealkylation sites (tertiary alicyclic amines) is 1. The van der Waals surface area contributed by atoms with Gasteiger partial charge in [0.1, 0.15) is 0 Å². The lowest BCUT2D eigenvalue weighted by atomic mass is 9.95. The van der Waals surface area contributed by atoms with Crippen molar-refractivity contribution in [1.29, 1.82) is 0 Å². The van der Waals surface area contributed by atoms with Crippen molar-refractivity contribution in [3.63, 3.8) is 0 Å². The quantitative estimate of drug-likeness (QED) is 0.815. The van der Waals surface area contributed by atoms with E-state index in [1.54, 1.807) is 6.07 Å². The van der Waals surface area contributed by atoms with Crippen molar-refractivity contribution in [3.8, 4) is 0 Å². The normalized spacial score (nSPS) is 19.6. The monoisotopic (exact) mass is 246 g/mol. The highest BCUT2D eigenvalue weighted by Gasteiger charge is 2.29. The molecule has 2 rings (SSSR count). The highest BCUT2D eigenvalue weighted by molar-refractivity contribution is 5.96. The molecule has 0 radical (unpaired) electrons. The largest absolute Gasteiger partial charge is 0.399 e. The number of nitrogen functional groups attached to an aromatic ring is 1. The molecule has 0 aromatic heterocycles. The van der Waals surface area contributed by atoms with Gasteiger partial charge in [0.25, 0.3) is 5.91 Å². The zero-order chi connectivity index (χ0) is 13.3. The van der Waals surface area contributed by atoms with Crippen molar-refractivity contribution in [3.05, 3.63) is 29.3 Å². The maximum Gasteiger partial charge on any atom is 0.254 e. The number of hydrogen-bond acceptors (Lipinski definition) is 2. The molecule has 1 aliphatic heterocycles. The number of amides is 1. The van der Waals surface area contributed by atoms with Crippen LogP contribution in [0.2, 0.25) is 0 Å². The van der Waals surface area contributed by atoms with E-state index in [0.717, 1.165) is 30.6 Å². The maximum absolute atomic E-state index is 12.5. The van der Waals surface area contributed by atoms with Gasteiger partial charge in [0.2, 0.25) is 0 Å². The second kappa shape index (κ2) is 5.01. The van der Waals surface area contributed by atoms with Gasteiger partial charge in [0.15, 0.2) is 0 Å². The number of hydrogen-bond donors (Lipinski definition) is 1. The predicted molar refractivity (Wildman–Crippen MR) is 74.4 cm³/mol. The van der Waals surface area contributed by atoms with E-state index in [2.05, 4.69) is 13.8 Å². The standard InChI is InChI=1S/C15H22N2O/c1-10(2)12-6-7-17(9-12)15(18)14-8-13(16)5-4-11(14)3/h4-5,8,10,12H,6-7,9,16H2,1-3H3. The van der Waals surface area contributed by atoms with Gasteiger partial charge in [-0.3, -0.25) is 4.79 Å². The van der Waals surface area contributed by atoms with E-state index in [9.17, 15) is 4.79 Å². The minimum absolute atomic E-state index is 0.128. The third kappa shape index (κ3) is 2.50. The molecule has 3 nitrogen and oxygen atoms in total. The Morgan fingerprint density at radius 2 is 2.17 bits per heavy atom. The van der Waals surface area contributed by atoms with Gasteiger partial charge >= 0.3 is 0 Å². The van der Waals surface area contributed by atoms with Crippen molar-refractivity contribution in [1.82, 2.24) is 4.90 Å². The van der Waals surface area contributed by atoms with E-state index >= 15 is 0 Å². The molecule has 0 bridgehead atoms. The van der Waals surface area contributed by atoms with Gasteiger partial charge in [-0.05, 0) is 42.9 Å². The summed E-state index contributed by atoms with van der Waals surface area (Å²) in [4.78, 5) is 14.4. The van der Waals surface area contributed by atoms with Crippen LogP contribution in [0.15, 0.2) is 18.2 Å². The number of benzene rings is 1. The van der Waals surface area contributed by atoms with Gasteiger partial charge in [0, 0.05) is 24.3 Å². The molecule has 18 heavy (non-hydrogen) atoms. The number of nitrogens with two attached hydrogens (primary N) is 1. The fourth-order valence-corrected chi connectivity index (χ4v) is 2.56. The molecule has 1 amide bonds. The molecule has 98 valence electrons. The molecule has 1 aromatic rings. The molecule has 1 aromatic carbocycles. The van der Waals surface area contributed by atoms with E-state index in [-0.39, 0.29) is 5.91 Å². The Balaban J connectivity index is 2.15. The summed E-state index contributed by atoms with van der Waals surface area (Å²) in [6.07, 6.45) is 1.12. The van der Waals surface area contributed by atoms with Crippen LogP contribution in [0.3, 0.4) is 0 Å². The van der Waals surface area contributed by atoms with Crippen molar-refractivity contribution in [2.45, 2.75) is 27.2 Å². The summed E-state index contributed by atoms with van der Waals surface area (Å²) in [6.45, 7) is 8.16. The van der Waals surface area contributed by atoms with Gasteiger partial charge in [-0.2, -0.15) is 0 Å². The average Bonchev–Trinajstić information content (AvgIpc) is 2.81. The Morgan fingerprint density at radius 1 is 1.44 bits per heavy atom. The van der Waals surface area contributed by atoms with Crippen molar-refractivity contribution < 1.29 is 4.79 Å². The minimum Gasteiger partial charge on any atom is -0.399 e. The number of carbonyl (C=O) groups is 1. The summed E-state index contributed by atoms with van der Waals surface area (Å²) in [5.74, 6) is 1.41. The summed E-state index contributed by atoms with van der Waals surface area (Å²) >= 11 is 0. The lowest BCUT2D eigenvalue weighted by Crippen LogP contribution is -2.30. The van der Waals surface area contributed by atoms with E-state index in [1.807, 2.05) is 24.0 Å². The predicted octanol–water partition coefficient (Wildman–Crippen LogP) is 2.70. The van der Waals surface area contributed by atoms with Gasteiger partial charge in [0.05, 0.1) is 0 Å². The molecule has 0 saturated carbocycles.